The first-order valence-corrected chi connectivity index (χ1v) is 7.63. The average Bonchev–Trinajstić information content (AvgIpc) is 2.39. The van der Waals surface area contributed by atoms with Crippen LogP contribution in [0.3, 0.4) is 0 Å². The van der Waals surface area contributed by atoms with E-state index < -0.39 is 26.6 Å². The van der Waals surface area contributed by atoms with Crippen molar-refractivity contribution in [1.29, 1.82) is 0 Å². The van der Waals surface area contributed by atoms with E-state index >= 15 is 0 Å². The first-order valence-electron chi connectivity index (χ1n) is 6.09. The molecule has 1 aromatic rings. The number of hydrogen-bond donors (Lipinski definition) is 2. The minimum Gasteiger partial charge on any atom is -0.379 e. The van der Waals surface area contributed by atoms with Gasteiger partial charge in [0.05, 0.1) is 12.6 Å². The minimum absolute atomic E-state index is 0.0426. The van der Waals surface area contributed by atoms with Gasteiger partial charge in [-0.05, 0) is 31.0 Å². The summed E-state index contributed by atoms with van der Waals surface area (Å²) < 4.78 is 41.0. The second-order valence-corrected chi connectivity index (χ2v) is 6.11. The van der Waals surface area contributed by atoms with Crippen LogP contribution in [0, 0.1) is 5.82 Å². The largest absolute Gasteiger partial charge is 0.379 e. The van der Waals surface area contributed by atoms with Crippen LogP contribution in [0.2, 0.25) is 0 Å². The molecule has 0 bridgehead atoms. The summed E-state index contributed by atoms with van der Waals surface area (Å²) in [6.07, 6.45) is 1.63. The number of primary sulfonamides is 1. The fourth-order valence-corrected chi connectivity index (χ4v) is 2.62. The van der Waals surface area contributed by atoms with Crippen LogP contribution < -0.4 is 10.5 Å². The Morgan fingerprint density at radius 1 is 1.45 bits per heavy atom. The minimum atomic E-state index is -4.20. The monoisotopic (exact) mass is 302 g/mol. The number of hydrogen-bond acceptors (Lipinski definition) is 4. The van der Waals surface area contributed by atoms with Crippen molar-refractivity contribution in [2.75, 3.05) is 13.2 Å². The third kappa shape index (κ3) is 3.53. The van der Waals surface area contributed by atoms with Gasteiger partial charge in [-0.2, -0.15) is 0 Å². The van der Waals surface area contributed by atoms with Crippen molar-refractivity contribution in [3.05, 3.63) is 29.6 Å². The Balaban J connectivity index is 2.18. The second kappa shape index (κ2) is 5.86. The fraction of sp³-hybridized carbons (Fsp3) is 0.417. The van der Waals surface area contributed by atoms with E-state index in [1.54, 1.807) is 0 Å². The van der Waals surface area contributed by atoms with E-state index in [0.717, 1.165) is 25.0 Å². The summed E-state index contributed by atoms with van der Waals surface area (Å²) in [6, 6.07) is 2.93. The number of amides is 1. The van der Waals surface area contributed by atoms with Gasteiger partial charge < -0.3 is 10.1 Å². The number of nitrogens with two attached hydrogens (primary N) is 1. The number of ether oxygens (including phenoxy) is 1. The fourth-order valence-electron chi connectivity index (χ4n) is 1.99. The first kappa shape index (κ1) is 14.9. The normalized spacial score (nSPS) is 19.6. The van der Waals surface area contributed by atoms with E-state index in [1.807, 2.05) is 0 Å². The zero-order valence-corrected chi connectivity index (χ0v) is 11.5. The summed E-state index contributed by atoms with van der Waals surface area (Å²) in [5.41, 5.74) is 0.0426. The summed E-state index contributed by atoms with van der Waals surface area (Å²) in [7, 11) is -4.20. The van der Waals surface area contributed by atoms with Crippen molar-refractivity contribution >= 4 is 15.9 Å². The van der Waals surface area contributed by atoms with Crippen LogP contribution in [0.4, 0.5) is 4.39 Å². The van der Waals surface area contributed by atoms with Gasteiger partial charge in [-0.1, -0.05) is 0 Å². The van der Waals surface area contributed by atoms with E-state index in [9.17, 15) is 17.6 Å². The molecule has 8 heteroatoms. The lowest BCUT2D eigenvalue weighted by molar-refractivity contribution is 0.0624. The topological polar surface area (TPSA) is 98.5 Å². The average molecular weight is 302 g/mol. The smallest absolute Gasteiger partial charge is 0.251 e. The molecule has 110 valence electrons. The van der Waals surface area contributed by atoms with Crippen LogP contribution in [0.25, 0.3) is 0 Å². The Hall–Kier alpha value is -1.51. The molecule has 1 unspecified atom stereocenters. The molecule has 1 amide bonds. The Kier molecular flexibility index (Phi) is 4.36. The SMILES string of the molecule is NS(=O)(=O)c1cc(C(=O)NC2CCCOC2)ccc1F. The van der Waals surface area contributed by atoms with Crippen LogP contribution in [-0.2, 0) is 14.8 Å². The Morgan fingerprint density at radius 2 is 2.20 bits per heavy atom. The van der Waals surface area contributed by atoms with Crippen molar-refractivity contribution in [1.82, 2.24) is 5.32 Å². The maximum Gasteiger partial charge on any atom is 0.251 e. The van der Waals surface area contributed by atoms with Crippen LogP contribution in [0.1, 0.15) is 23.2 Å². The predicted molar refractivity (Wildman–Crippen MR) is 69.1 cm³/mol. The number of sulfonamides is 1. The molecule has 0 spiro atoms. The van der Waals surface area contributed by atoms with Gasteiger partial charge >= 0.3 is 0 Å². The van der Waals surface area contributed by atoms with Gasteiger partial charge in [0.2, 0.25) is 10.0 Å². The van der Waals surface area contributed by atoms with E-state index in [0.29, 0.717) is 13.2 Å². The maximum atomic E-state index is 13.4. The molecule has 2 rings (SSSR count). The molecule has 1 aliphatic rings. The van der Waals surface area contributed by atoms with Gasteiger partial charge in [0.15, 0.2) is 0 Å². The first-order chi connectivity index (χ1) is 9.38. The second-order valence-electron chi connectivity index (χ2n) is 4.58. The number of benzene rings is 1. The summed E-state index contributed by atoms with van der Waals surface area (Å²) in [4.78, 5) is 11.3. The quantitative estimate of drug-likeness (QED) is 0.843. The van der Waals surface area contributed by atoms with Crippen LogP contribution >= 0.6 is 0 Å². The van der Waals surface area contributed by atoms with E-state index in [4.69, 9.17) is 9.88 Å². The lowest BCUT2D eigenvalue weighted by atomic mass is 10.1. The van der Waals surface area contributed by atoms with E-state index in [2.05, 4.69) is 5.32 Å². The van der Waals surface area contributed by atoms with Crippen molar-refractivity contribution < 1.29 is 22.3 Å². The predicted octanol–water partition coefficient (Wildman–Crippen LogP) is 0.382. The molecule has 1 aromatic carbocycles. The molecular formula is C12H15FN2O4S. The maximum absolute atomic E-state index is 13.4. The highest BCUT2D eigenvalue weighted by atomic mass is 32.2. The highest BCUT2D eigenvalue weighted by Crippen LogP contribution is 2.15. The Morgan fingerprint density at radius 3 is 2.80 bits per heavy atom. The van der Waals surface area contributed by atoms with Gasteiger partial charge in [-0.3, -0.25) is 4.79 Å². The Bertz CT molecular complexity index is 612. The molecule has 1 aliphatic heterocycles. The number of carbonyl (C=O) groups is 1. The van der Waals surface area contributed by atoms with Crippen LogP contribution in [0.5, 0.6) is 0 Å². The molecular weight excluding hydrogens is 287 g/mol. The molecule has 6 nitrogen and oxygen atoms in total. The van der Waals surface area contributed by atoms with Crippen molar-refractivity contribution in [3.63, 3.8) is 0 Å². The van der Waals surface area contributed by atoms with E-state index in [1.165, 1.54) is 6.07 Å². The van der Waals surface area contributed by atoms with Crippen LogP contribution in [-0.4, -0.2) is 33.6 Å². The molecule has 1 heterocycles. The summed E-state index contributed by atoms with van der Waals surface area (Å²) >= 11 is 0. The molecule has 0 aliphatic carbocycles. The van der Waals surface area contributed by atoms with Gasteiger partial charge in [0, 0.05) is 12.2 Å². The lowest BCUT2D eigenvalue weighted by Gasteiger charge is -2.23. The molecule has 0 saturated carbocycles. The number of nitrogens with one attached hydrogen (secondary N) is 1. The van der Waals surface area contributed by atoms with Gasteiger partial charge in [0.25, 0.3) is 5.91 Å². The molecule has 1 atom stereocenters. The zero-order valence-electron chi connectivity index (χ0n) is 10.6. The van der Waals surface area contributed by atoms with Crippen LogP contribution in [0.15, 0.2) is 23.1 Å². The summed E-state index contributed by atoms with van der Waals surface area (Å²) in [5, 5.41) is 7.60. The van der Waals surface area contributed by atoms with Gasteiger partial charge in [-0.15, -0.1) is 0 Å². The molecule has 1 saturated heterocycles. The number of halogens is 1. The standard InChI is InChI=1S/C12H15FN2O4S/c13-10-4-3-8(6-11(10)20(14,17)18)12(16)15-9-2-1-5-19-7-9/h3-4,6,9H,1-2,5,7H2,(H,15,16)(H2,14,17,18). The zero-order chi connectivity index (χ0) is 14.8. The number of carbonyl (C=O) groups excluding carboxylic acids is 1. The molecule has 20 heavy (non-hydrogen) atoms. The van der Waals surface area contributed by atoms with Crippen molar-refractivity contribution in [2.45, 2.75) is 23.8 Å². The molecule has 1 fully saturated rings. The summed E-state index contributed by atoms with van der Waals surface area (Å²) in [5.74, 6) is -1.46. The van der Waals surface area contributed by atoms with Gasteiger partial charge in [0.1, 0.15) is 10.7 Å². The van der Waals surface area contributed by atoms with Crippen molar-refractivity contribution in [3.8, 4) is 0 Å². The lowest BCUT2D eigenvalue weighted by Crippen LogP contribution is -2.40. The molecule has 0 radical (unpaired) electrons. The van der Waals surface area contributed by atoms with E-state index in [-0.39, 0.29) is 11.6 Å². The molecule has 3 N–H and O–H groups in total. The van der Waals surface area contributed by atoms with Gasteiger partial charge in [-0.25, -0.2) is 17.9 Å². The highest BCUT2D eigenvalue weighted by Gasteiger charge is 2.20. The summed E-state index contributed by atoms with van der Waals surface area (Å²) in [6.45, 7) is 1.08. The highest BCUT2D eigenvalue weighted by molar-refractivity contribution is 7.89. The molecule has 0 aromatic heterocycles. The van der Waals surface area contributed by atoms with Crippen molar-refractivity contribution in [2.24, 2.45) is 5.14 Å². The third-order valence-corrected chi connectivity index (χ3v) is 3.92. The number of rotatable bonds is 3. The third-order valence-electron chi connectivity index (χ3n) is 3.00. The Labute approximate surface area is 116 Å².